The van der Waals surface area contributed by atoms with Crippen molar-refractivity contribution in [3.05, 3.63) is 90.3 Å². The molecule has 1 aliphatic rings. The zero-order valence-electron chi connectivity index (χ0n) is 20.8. The van der Waals surface area contributed by atoms with Gasteiger partial charge < -0.3 is 14.6 Å². The number of likely N-dealkylation sites (tertiary alicyclic amines) is 1. The zero-order valence-corrected chi connectivity index (χ0v) is 20.8. The molecule has 0 spiro atoms. The van der Waals surface area contributed by atoms with Gasteiger partial charge >= 0.3 is 6.18 Å². The monoisotopic (exact) mass is 522 g/mol. The van der Waals surface area contributed by atoms with Crippen molar-refractivity contribution in [3.8, 4) is 5.75 Å². The molecule has 1 aromatic heterocycles. The quantitative estimate of drug-likeness (QED) is 0.309. The van der Waals surface area contributed by atoms with Crippen LogP contribution >= 0.6 is 0 Å². The van der Waals surface area contributed by atoms with Gasteiger partial charge in [-0.3, -0.25) is 9.69 Å². The molecule has 1 amide bonds. The normalized spacial score (nSPS) is 15.0. The number of aromatic nitrogens is 2. The number of nitrogens with zero attached hydrogens (tertiary/aromatic N) is 3. The molecule has 1 fully saturated rings. The Bertz CT molecular complexity index is 1380. The molecule has 0 radical (unpaired) electrons. The molecule has 0 aliphatic carbocycles. The van der Waals surface area contributed by atoms with Crippen LogP contribution in [0.1, 0.15) is 24.2 Å². The average Bonchev–Trinajstić information content (AvgIpc) is 3.26. The summed E-state index contributed by atoms with van der Waals surface area (Å²) in [7, 11) is 0. The van der Waals surface area contributed by atoms with Gasteiger partial charge in [0.25, 0.3) is 0 Å². The highest BCUT2D eigenvalue weighted by Crippen LogP contribution is 2.34. The van der Waals surface area contributed by atoms with E-state index in [0.29, 0.717) is 25.6 Å². The summed E-state index contributed by atoms with van der Waals surface area (Å²) >= 11 is 0. The second-order valence-electron chi connectivity index (χ2n) is 9.54. The van der Waals surface area contributed by atoms with Crippen molar-refractivity contribution in [3.63, 3.8) is 0 Å². The highest BCUT2D eigenvalue weighted by Gasteiger charge is 2.33. The minimum absolute atomic E-state index is 0.0586. The number of halogens is 3. The summed E-state index contributed by atoms with van der Waals surface area (Å²) in [6, 6.07) is 22.7. The third-order valence-corrected chi connectivity index (χ3v) is 6.87. The minimum atomic E-state index is -4.52. The molecule has 198 valence electrons. The smallest absolute Gasteiger partial charge is 0.418 e. The topological polar surface area (TPSA) is 59.4 Å². The summed E-state index contributed by atoms with van der Waals surface area (Å²) < 4.78 is 47.9. The number of nitrogens with one attached hydrogen (secondary N) is 1. The summed E-state index contributed by atoms with van der Waals surface area (Å²) in [5.74, 6) is 1.59. The van der Waals surface area contributed by atoms with Crippen LogP contribution < -0.4 is 10.1 Å². The molecular weight excluding hydrogens is 493 g/mol. The molecule has 4 aromatic rings. The number of alkyl halides is 3. The molecule has 5 rings (SSSR count). The summed E-state index contributed by atoms with van der Waals surface area (Å²) in [6.45, 7) is 2.59. The maximum atomic E-state index is 13.2. The molecule has 6 nitrogen and oxygen atoms in total. The first kappa shape index (κ1) is 25.8. The molecule has 38 heavy (non-hydrogen) atoms. The number of imidazole rings is 1. The van der Waals surface area contributed by atoms with E-state index in [4.69, 9.17) is 9.72 Å². The number of anilines is 1. The van der Waals surface area contributed by atoms with Gasteiger partial charge in [-0.05, 0) is 68.2 Å². The molecule has 9 heteroatoms. The number of carbonyl (C=O) groups is 1. The molecule has 3 aromatic carbocycles. The lowest BCUT2D eigenvalue weighted by molar-refractivity contribution is -0.137. The number of hydrogen-bond acceptors (Lipinski definition) is 4. The fraction of sp³-hybridized carbons (Fsp3) is 0.310. The second-order valence-corrected chi connectivity index (χ2v) is 9.54. The number of piperidine rings is 1. The van der Waals surface area contributed by atoms with Crippen LogP contribution in [0.4, 0.5) is 18.9 Å². The van der Waals surface area contributed by atoms with Crippen molar-refractivity contribution in [1.82, 2.24) is 14.5 Å². The number of amides is 1. The lowest BCUT2D eigenvalue weighted by atomic mass is 9.96. The van der Waals surface area contributed by atoms with E-state index in [1.807, 2.05) is 53.4 Å². The van der Waals surface area contributed by atoms with Crippen LogP contribution in [0.2, 0.25) is 0 Å². The summed E-state index contributed by atoms with van der Waals surface area (Å²) in [4.78, 5) is 19.3. The molecule has 0 atom stereocenters. The van der Waals surface area contributed by atoms with Gasteiger partial charge in [-0.2, -0.15) is 13.2 Å². The third kappa shape index (κ3) is 6.16. The maximum absolute atomic E-state index is 13.2. The Hall–Kier alpha value is -3.85. The Morgan fingerprint density at radius 2 is 1.63 bits per heavy atom. The number of ether oxygens (including phenoxy) is 1. The van der Waals surface area contributed by atoms with Gasteiger partial charge in [0.1, 0.15) is 18.2 Å². The van der Waals surface area contributed by atoms with E-state index in [1.54, 1.807) is 0 Å². The van der Waals surface area contributed by atoms with Crippen molar-refractivity contribution >= 4 is 22.6 Å². The van der Waals surface area contributed by atoms with Gasteiger partial charge in [0.05, 0.1) is 28.8 Å². The van der Waals surface area contributed by atoms with Crippen LogP contribution in [0.25, 0.3) is 11.0 Å². The van der Waals surface area contributed by atoms with Gasteiger partial charge in [-0.15, -0.1) is 0 Å². The lowest BCUT2D eigenvalue weighted by Crippen LogP contribution is -2.40. The van der Waals surface area contributed by atoms with Crippen LogP contribution in [0.3, 0.4) is 0 Å². The largest absolute Gasteiger partial charge is 0.486 e. The first-order valence-corrected chi connectivity index (χ1v) is 12.7. The molecule has 0 bridgehead atoms. The van der Waals surface area contributed by atoms with E-state index in [-0.39, 0.29) is 12.2 Å². The number of rotatable bonds is 8. The summed E-state index contributed by atoms with van der Waals surface area (Å²) in [6.07, 6.45) is -2.78. The molecule has 0 unspecified atom stereocenters. The molecule has 1 N–H and O–H groups in total. The number of fused-ring (bicyclic) bond motifs is 1. The Labute approximate surface area is 219 Å². The van der Waals surface area contributed by atoms with Gasteiger partial charge in [0.2, 0.25) is 5.91 Å². The van der Waals surface area contributed by atoms with Gasteiger partial charge in [0.15, 0.2) is 0 Å². The molecule has 0 saturated carbocycles. The fourth-order valence-corrected chi connectivity index (χ4v) is 4.92. The Morgan fingerprint density at radius 1 is 0.947 bits per heavy atom. The Balaban J connectivity index is 1.19. The van der Waals surface area contributed by atoms with Crippen LogP contribution in [0.15, 0.2) is 78.9 Å². The third-order valence-electron chi connectivity index (χ3n) is 6.87. The molecule has 1 aliphatic heterocycles. The van der Waals surface area contributed by atoms with E-state index >= 15 is 0 Å². The van der Waals surface area contributed by atoms with Crippen LogP contribution in [0, 0.1) is 5.92 Å². The number of benzene rings is 3. The Kier molecular flexibility index (Phi) is 7.64. The predicted octanol–water partition coefficient (Wildman–Crippen LogP) is 5.98. The van der Waals surface area contributed by atoms with Crippen LogP contribution in [-0.4, -0.2) is 40.0 Å². The van der Waals surface area contributed by atoms with E-state index < -0.39 is 17.6 Å². The lowest BCUT2D eigenvalue weighted by Gasteiger charge is -2.32. The first-order valence-electron chi connectivity index (χ1n) is 12.7. The van der Waals surface area contributed by atoms with Crippen molar-refractivity contribution < 1.29 is 22.7 Å². The molecule has 1 saturated heterocycles. The first-order chi connectivity index (χ1) is 18.4. The number of hydrogen-bond donors (Lipinski definition) is 1. The Morgan fingerprint density at radius 3 is 2.39 bits per heavy atom. The van der Waals surface area contributed by atoms with E-state index in [9.17, 15) is 18.0 Å². The highest BCUT2D eigenvalue weighted by molar-refractivity contribution is 5.93. The fourth-order valence-electron chi connectivity index (χ4n) is 4.92. The van der Waals surface area contributed by atoms with E-state index in [0.717, 1.165) is 48.1 Å². The van der Waals surface area contributed by atoms with Gasteiger partial charge in [-0.25, -0.2) is 4.98 Å². The SMILES string of the molecule is O=C(CN1CCC(Cn2c(COc3ccccc3)nc3ccccc32)CC1)Nc1ccccc1C(F)(F)F. The number of carbonyl (C=O) groups excluding carboxylic acids is 1. The minimum Gasteiger partial charge on any atom is -0.486 e. The highest BCUT2D eigenvalue weighted by atomic mass is 19.4. The van der Waals surface area contributed by atoms with Gasteiger partial charge in [-0.1, -0.05) is 42.5 Å². The maximum Gasteiger partial charge on any atom is 0.418 e. The summed E-state index contributed by atoms with van der Waals surface area (Å²) in [5, 5.41) is 2.44. The number of para-hydroxylation sites is 4. The standard InChI is InChI=1S/C29H29F3N4O2/c30-29(31,32)23-10-4-5-11-24(23)34-28(37)19-35-16-14-21(15-17-35)18-36-26-13-7-6-12-25(26)33-27(36)20-38-22-8-2-1-3-9-22/h1-13,21H,14-20H2,(H,34,37). The average molecular weight is 523 g/mol. The van der Waals surface area contributed by atoms with Gasteiger partial charge in [0, 0.05) is 6.54 Å². The summed E-state index contributed by atoms with van der Waals surface area (Å²) in [5.41, 5.74) is 0.931. The van der Waals surface area contributed by atoms with Crippen molar-refractivity contribution in [2.24, 2.45) is 5.92 Å². The van der Waals surface area contributed by atoms with Crippen LogP contribution in [0.5, 0.6) is 5.75 Å². The van der Waals surface area contributed by atoms with Crippen molar-refractivity contribution in [2.75, 3.05) is 25.0 Å². The molecule has 2 heterocycles. The van der Waals surface area contributed by atoms with Crippen molar-refractivity contribution in [1.29, 1.82) is 0 Å². The van der Waals surface area contributed by atoms with Crippen molar-refractivity contribution in [2.45, 2.75) is 32.2 Å². The second kappa shape index (κ2) is 11.3. The molecular formula is C29H29F3N4O2. The zero-order chi connectivity index (χ0) is 26.5. The van der Waals surface area contributed by atoms with Crippen LogP contribution in [-0.2, 0) is 24.1 Å². The van der Waals surface area contributed by atoms with E-state index in [1.165, 1.54) is 18.2 Å². The van der Waals surface area contributed by atoms with E-state index in [2.05, 4.69) is 16.0 Å². The predicted molar refractivity (Wildman–Crippen MR) is 140 cm³/mol.